The van der Waals surface area contributed by atoms with Crippen molar-refractivity contribution < 1.29 is 13.6 Å². The number of rotatable bonds is 6. The first-order valence-corrected chi connectivity index (χ1v) is 10.4. The Balaban J connectivity index is 1.64. The molecule has 4 rings (SSSR count). The third kappa shape index (κ3) is 3.99. The molecule has 30 heavy (non-hydrogen) atoms. The van der Waals surface area contributed by atoms with Gasteiger partial charge in [0.2, 0.25) is 0 Å². The number of halogens is 2. The summed E-state index contributed by atoms with van der Waals surface area (Å²) in [6.45, 7) is 2.40. The Kier molecular flexibility index (Phi) is 5.92. The lowest BCUT2D eigenvalue weighted by atomic mass is 9.95. The molecule has 0 atom stereocenters. The van der Waals surface area contributed by atoms with Crippen LogP contribution in [0.4, 0.5) is 14.5 Å². The fourth-order valence-corrected chi connectivity index (χ4v) is 4.00. The predicted octanol–water partition coefficient (Wildman–Crippen LogP) is 4.40. The quantitative estimate of drug-likeness (QED) is 0.628. The minimum atomic E-state index is -0.686. The van der Waals surface area contributed by atoms with Crippen LogP contribution in [-0.2, 0) is 13.1 Å². The first-order valence-electron chi connectivity index (χ1n) is 10.4. The molecule has 2 heterocycles. The van der Waals surface area contributed by atoms with Crippen molar-refractivity contribution in [2.45, 2.75) is 58.2 Å². The highest BCUT2D eigenvalue weighted by Gasteiger charge is 2.22. The fraction of sp³-hybridized carbons (Fsp3) is 0.409. The van der Waals surface area contributed by atoms with E-state index in [-0.39, 0.29) is 18.2 Å². The number of pyridine rings is 1. The van der Waals surface area contributed by atoms with E-state index in [1.165, 1.54) is 30.8 Å². The smallest absolute Gasteiger partial charge is 0.255 e. The Morgan fingerprint density at radius 3 is 2.60 bits per heavy atom. The van der Waals surface area contributed by atoms with Gasteiger partial charge in [-0.05, 0) is 31.9 Å². The molecule has 8 heteroatoms. The second-order valence-electron chi connectivity index (χ2n) is 7.61. The number of benzene rings is 1. The van der Waals surface area contributed by atoms with Crippen LogP contribution in [0.1, 0.15) is 54.9 Å². The molecule has 0 bridgehead atoms. The van der Waals surface area contributed by atoms with Crippen molar-refractivity contribution in [3.63, 3.8) is 0 Å². The number of aryl methyl sites for hydroxylation is 1. The number of carbonyl (C=O) groups excluding carboxylic acids is 1. The van der Waals surface area contributed by atoms with Gasteiger partial charge in [-0.2, -0.15) is 5.10 Å². The highest BCUT2D eigenvalue weighted by atomic mass is 19.1. The Labute approximate surface area is 173 Å². The Bertz CT molecular complexity index is 1040. The first-order chi connectivity index (χ1) is 14.6. The number of carbonyl (C=O) groups is 1. The maximum atomic E-state index is 13.9. The summed E-state index contributed by atoms with van der Waals surface area (Å²) in [7, 11) is 0. The highest BCUT2D eigenvalue weighted by Crippen LogP contribution is 2.30. The minimum Gasteiger partial charge on any atom is -0.381 e. The molecule has 0 saturated heterocycles. The molecule has 1 aromatic carbocycles. The normalized spacial score (nSPS) is 14.8. The fourth-order valence-electron chi connectivity index (χ4n) is 4.00. The SMILES string of the molecule is CCn1ncc2c(NC3CCCCC3)c(C(=O)NCc3c(F)cccc3F)cnc21. The number of anilines is 1. The van der Waals surface area contributed by atoms with Crippen LogP contribution in [0.5, 0.6) is 0 Å². The maximum absolute atomic E-state index is 13.9. The first kappa shape index (κ1) is 20.3. The van der Waals surface area contributed by atoms with Crippen LogP contribution < -0.4 is 10.6 Å². The molecule has 0 aliphatic heterocycles. The van der Waals surface area contributed by atoms with Gasteiger partial charge in [0, 0.05) is 30.9 Å². The Morgan fingerprint density at radius 2 is 1.90 bits per heavy atom. The average molecular weight is 413 g/mol. The van der Waals surface area contributed by atoms with E-state index in [0.717, 1.165) is 31.1 Å². The summed E-state index contributed by atoms with van der Waals surface area (Å²) in [6.07, 6.45) is 8.81. The van der Waals surface area contributed by atoms with Gasteiger partial charge in [0.05, 0.1) is 22.8 Å². The number of hydrogen-bond acceptors (Lipinski definition) is 4. The van der Waals surface area contributed by atoms with Gasteiger partial charge in [-0.1, -0.05) is 25.3 Å². The van der Waals surface area contributed by atoms with Crippen molar-refractivity contribution in [1.29, 1.82) is 0 Å². The van der Waals surface area contributed by atoms with Gasteiger partial charge < -0.3 is 10.6 Å². The van der Waals surface area contributed by atoms with Gasteiger partial charge in [0.1, 0.15) is 11.6 Å². The molecule has 0 unspecified atom stereocenters. The number of hydrogen-bond donors (Lipinski definition) is 2. The average Bonchev–Trinajstić information content (AvgIpc) is 3.18. The van der Waals surface area contributed by atoms with Gasteiger partial charge in [0.15, 0.2) is 5.65 Å². The van der Waals surface area contributed by atoms with Crippen molar-refractivity contribution in [2.24, 2.45) is 0 Å². The van der Waals surface area contributed by atoms with E-state index in [2.05, 4.69) is 20.7 Å². The monoisotopic (exact) mass is 413 g/mol. The van der Waals surface area contributed by atoms with E-state index in [9.17, 15) is 13.6 Å². The van der Waals surface area contributed by atoms with Gasteiger partial charge >= 0.3 is 0 Å². The summed E-state index contributed by atoms with van der Waals surface area (Å²) in [5, 5.41) is 11.3. The maximum Gasteiger partial charge on any atom is 0.255 e. The zero-order valence-electron chi connectivity index (χ0n) is 16.9. The van der Waals surface area contributed by atoms with Crippen LogP contribution in [-0.4, -0.2) is 26.7 Å². The summed E-state index contributed by atoms with van der Waals surface area (Å²) in [5.41, 5.74) is 1.56. The van der Waals surface area contributed by atoms with Crippen LogP contribution >= 0.6 is 0 Å². The number of fused-ring (bicyclic) bond motifs is 1. The lowest BCUT2D eigenvalue weighted by Gasteiger charge is -2.25. The molecule has 0 spiro atoms. The van der Waals surface area contributed by atoms with Gasteiger partial charge in [-0.3, -0.25) is 4.79 Å². The van der Waals surface area contributed by atoms with Crippen LogP contribution in [0.15, 0.2) is 30.6 Å². The molecule has 2 aromatic heterocycles. The largest absolute Gasteiger partial charge is 0.381 e. The van der Waals surface area contributed by atoms with E-state index in [1.807, 2.05) is 6.92 Å². The van der Waals surface area contributed by atoms with Gasteiger partial charge in [0.25, 0.3) is 5.91 Å². The van der Waals surface area contributed by atoms with Crippen molar-refractivity contribution in [3.8, 4) is 0 Å². The molecule has 1 fully saturated rings. The van der Waals surface area contributed by atoms with E-state index in [0.29, 0.717) is 23.4 Å². The number of aromatic nitrogens is 3. The third-order valence-electron chi connectivity index (χ3n) is 5.65. The van der Waals surface area contributed by atoms with E-state index in [4.69, 9.17) is 0 Å². The van der Waals surface area contributed by atoms with E-state index in [1.54, 1.807) is 10.9 Å². The zero-order chi connectivity index (χ0) is 21.1. The predicted molar refractivity (Wildman–Crippen MR) is 111 cm³/mol. The summed E-state index contributed by atoms with van der Waals surface area (Å²) in [5.74, 6) is -1.81. The van der Waals surface area contributed by atoms with Crippen LogP contribution in [0.3, 0.4) is 0 Å². The lowest BCUT2D eigenvalue weighted by molar-refractivity contribution is 0.0951. The topological polar surface area (TPSA) is 71.8 Å². The molecule has 1 amide bonds. The molecule has 158 valence electrons. The summed E-state index contributed by atoms with van der Waals surface area (Å²) < 4.78 is 29.6. The third-order valence-corrected chi connectivity index (χ3v) is 5.65. The summed E-state index contributed by atoms with van der Waals surface area (Å²) in [4.78, 5) is 17.4. The van der Waals surface area contributed by atoms with Gasteiger partial charge in [-0.25, -0.2) is 18.4 Å². The highest BCUT2D eigenvalue weighted by molar-refractivity contribution is 6.06. The molecule has 3 aromatic rings. The summed E-state index contributed by atoms with van der Waals surface area (Å²) >= 11 is 0. The van der Waals surface area contributed by atoms with Crippen LogP contribution in [0, 0.1) is 11.6 Å². The molecule has 6 nitrogen and oxygen atoms in total. The number of nitrogens with zero attached hydrogens (tertiary/aromatic N) is 3. The number of amides is 1. The van der Waals surface area contributed by atoms with Crippen molar-refractivity contribution in [2.75, 3.05) is 5.32 Å². The van der Waals surface area contributed by atoms with E-state index >= 15 is 0 Å². The lowest BCUT2D eigenvalue weighted by Crippen LogP contribution is -2.28. The molecule has 1 saturated carbocycles. The standard InChI is InChI=1S/C22H25F2N5O/c1-2-29-21-16(13-27-29)20(28-14-7-4-3-5-8-14)17(12-25-21)22(30)26-11-15-18(23)9-6-10-19(15)24/h6,9-10,12-14H,2-5,7-8,11H2,1H3,(H,25,28)(H,26,30). The Hall–Kier alpha value is -3.03. The molecule has 0 radical (unpaired) electrons. The van der Waals surface area contributed by atoms with Crippen LogP contribution in [0.2, 0.25) is 0 Å². The molecule has 1 aliphatic rings. The number of nitrogens with one attached hydrogen (secondary N) is 2. The Morgan fingerprint density at radius 1 is 1.17 bits per heavy atom. The minimum absolute atomic E-state index is 0.166. The van der Waals surface area contributed by atoms with Gasteiger partial charge in [-0.15, -0.1) is 0 Å². The molecule has 2 N–H and O–H groups in total. The molecular weight excluding hydrogens is 388 g/mol. The van der Waals surface area contributed by atoms with Crippen molar-refractivity contribution >= 4 is 22.6 Å². The van der Waals surface area contributed by atoms with Crippen molar-refractivity contribution in [1.82, 2.24) is 20.1 Å². The molecule has 1 aliphatic carbocycles. The second-order valence-corrected chi connectivity index (χ2v) is 7.61. The second kappa shape index (κ2) is 8.77. The van der Waals surface area contributed by atoms with Crippen molar-refractivity contribution in [3.05, 3.63) is 53.4 Å². The summed E-state index contributed by atoms with van der Waals surface area (Å²) in [6, 6.07) is 3.91. The van der Waals surface area contributed by atoms with E-state index < -0.39 is 17.5 Å². The van der Waals surface area contributed by atoms with Crippen LogP contribution in [0.25, 0.3) is 11.0 Å². The molecular formula is C22H25F2N5O. The zero-order valence-corrected chi connectivity index (χ0v) is 16.9.